The molecule has 0 radical (unpaired) electrons. The van der Waals surface area contributed by atoms with E-state index in [1.807, 2.05) is 18.2 Å². The third-order valence-electron chi connectivity index (χ3n) is 3.75. The number of carbonyl (C=O) groups excluding carboxylic acids is 1. The summed E-state index contributed by atoms with van der Waals surface area (Å²) in [7, 11) is -1.16. The largest absolute Gasteiger partial charge is 0.455 e. The highest BCUT2D eigenvalue weighted by molar-refractivity contribution is 7.83. The van der Waals surface area contributed by atoms with Crippen LogP contribution in [0.25, 0.3) is 0 Å². The van der Waals surface area contributed by atoms with Crippen LogP contribution in [0.4, 0.5) is 0 Å². The zero-order chi connectivity index (χ0) is 16.9. The van der Waals surface area contributed by atoms with Crippen molar-refractivity contribution in [3.05, 3.63) is 58.5 Å². The summed E-state index contributed by atoms with van der Waals surface area (Å²) in [5, 5.41) is 0.605. The smallest absolute Gasteiger partial charge is 0.289 e. The highest BCUT2D eigenvalue weighted by Gasteiger charge is 2.21. The fourth-order valence-electron chi connectivity index (χ4n) is 2.49. The van der Waals surface area contributed by atoms with Gasteiger partial charge in [0.1, 0.15) is 5.76 Å². The van der Waals surface area contributed by atoms with Crippen LogP contribution >= 0.6 is 11.6 Å². The lowest BCUT2D eigenvalue weighted by molar-refractivity contribution is 0.0282. The van der Waals surface area contributed by atoms with E-state index in [9.17, 15) is 9.00 Å². The summed E-state index contributed by atoms with van der Waals surface area (Å²) in [4.78, 5) is 14.0. The van der Waals surface area contributed by atoms with Crippen molar-refractivity contribution in [2.24, 2.45) is 0 Å². The Labute approximate surface area is 148 Å². The molecular formula is C17H18ClNO4S. The second kappa shape index (κ2) is 7.96. The van der Waals surface area contributed by atoms with Crippen LogP contribution < -0.4 is 0 Å². The first-order chi connectivity index (χ1) is 11.6. The van der Waals surface area contributed by atoms with Crippen LogP contribution in [-0.2, 0) is 27.0 Å². The molecule has 1 saturated heterocycles. The highest BCUT2D eigenvalue weighted by atomic mass is 35.5. The van der Waals surface area contributed by atoms with Crippen LogP contribution in [-0.4, -0.2) is 41.3 Å². The van der Waals surface area contributed by atoms with Gasteiger partial charge >= 0.3 is 0 Å². The van der Waals surface area contributed by atoms with Gasteiger partial charge in [-0.3, -0.25) is 9.00 Å². The number of hydrogen-bond donors (Lipinski definition) is 0. The molecule has 0 saturated carbocycles. The SMILES string of the molecule is O=C(c1ccc(C[S@](=O)Cc2ccccc2Cl)o1)N1CCOCC1. The number of halogens is 1. The molecule has 0 N–H and O–H groups in total. The third-order valence-corrected chi connectivity index (χ3v) is 5.36. The monoisotopic (exact) mass is 367 g/mol. The molecule has 1 aliphatic rings. The molecule has 5 nitrogen and oxygen atoms in total. The van der Waals surface area contributed by atoms with Crippen molar-refractivity contribution in [1.82, 2.24) is 4.90 Å². The molecule has 2 heterocycles. The van der Waals surface area contributed by atoms with Gasteiger partial charge in [0.2, 0.25) is 0 Å². The molecular weight excluding hydrogens is 350 g/mol. The van der Waals surface area contributed by atoms with Gasteiger partial charge in [-0.25, -0.2) is 0 Å². The minimum atomic E-state index is -1.16. The highest BCUT2D eigenvalue weighted by Crippen LogP contribution is 2.19. The summed E-state index contributed by atoms with van der Waals surface area (Å²) in [6.07, 6.45) is 0. The average Bonchev–Trinajstić information content (AvgIpc) is 3.05. The molecule has 3 rings (SSSR count). The molecule has 24 heavy (non-hydrogen) atoms. The number of benzene rings is 1. The lowest BCUT2D eigenvalue weighted by atomic mass is 10.2. The molecule has 2 aromatic rings. The summed E-state index contributed by atoms with van der Waals surface area (Å²) >= 11 is 6.08. The van der Waals surface area contributed by atoms with Crippen molar-refractivity contribution in [2.45, 2.75) is 11.5 Å². The van der Waals surface area contributed by atoms with Gasteiger partial charge in [0.15, 0.2) is 5.76 Å². The van der Waals surface area contributed by atoms with E-state index in [0.717, 1.165) is 5.56 Å². The second-order valence-electron chi connectivity index (χ2n) is 5.49. The van der Waals surface area contributed by atoms with Gasteiger partial charge in [-0.2, -0.15) is 0 Å². The van der Waals surface area contributed by atoms with E-state index in [2.05, 4.69) is 0 Å². The van der Waals surface area contributed by atoms with E-state index >= 15 is 0 Å². The molecule has 7 heteroatoms. The maximum absolute atomic E-state index is 12.3. The minimum Gasteiger partial charge on any atom is -0.455 e. The Morgan fingerprint density at radius 1 is 1.12 bits per heavy atom. The van der Waals surface area contributed by atoms with Crippen LogP contribution in [0.1, 0.15) is 21.9 Å². The Morgan fingerprint density at radius 2 is 1.88 bits per heavy atom. The molecule has 0 unspecified atom stereocenters. The second-order valence-corrected chi connectivity index (χ2v) is 7.35. The summed E-state index contributed by atoms with van der Waals surface area (Å²) in [5.74, 6) is 1.27. The first-order valence-corrected chi connectivity index (χ1v) is 9.54. The van der Waals surface area contributed by atoms with Crippen LogP contribution in [0.5, 0.6) is 0 Å². The number of carbonyl (C=O) groups is 1. The Kier molecular flexibility index (Phi) is 5.71. The maximum atomic E-state index is 12.3. The van der Waals surface area contributed by atoms with Crippen molar-refractivity contribution in [3.8, 4) is 0 Å². The van der Waals surface area contributed by atoms with Crippen molar-refractivity contribution in [1.29, 1.82) is 0 Å². The number of amides is 1. The molecule has 1 amide bonds. The molecule has 0 spiro atoms. The molecule has 0 aliphatic carbocycles. The van der Waals surface area contributed by atoms with Crippen LogP contribution in [0.15, 0.2) is 40.8 Å². The van der Waals surface area contributed by atoms with Crippen molar-refractivity contribution in [3.63, 3.8) is 0 Å². The van der Waals surface area contributed by atoms with Crippen molar-refractivity contribution >= 4 is 28.3 Å². The zero-order valence-corrected chi connectivity index (χ0v) is 14.6. The van der Waals surface area contributed by atoms with E-state index in [1.54, 1.807) is 23.1 Å². The summed E-state index contributed by atoms with van der Waals surface area (Å²) in [6.45, 7) is 2.21. The molecule has 1 aromatic carbocycles. The lowest BCUT2D eigenvalue weighted by Gasteiger charge is -2.25. The van der Waals surface area contributed by atoms with Gasteiger partial charge < -0.3 is 14.1 Å². The van der Waals surface area contributed by atoms with Crippen LogP contribution in [0, 0.1) is 0 Å². The third kappa shape index (κ3) is 4.26. The van der Waals surface area contributed by atoms with Crippen LogP contribution in [0.2, 0.25) is 5.02 Å². The summed E-state index contributed by atoms with van der Waals surface area (Å²) < 4.78 is 23.1. The van der Waals surface area contributed by atoms with Crippen molar-refractivity contribution in [2.75, 3.05) is 26.3 Å². The average molecular weight is 368 g/mol. The first-order valence-electron chi connectivity index (χ1n) is 7.67. The topological polar surface area (TPSA) is 59.8 Å². The van der Waals surface area contributed by atoms with Gasteiger partial charge in [-0.05, 0) is 23.8 Å². The predicted molar refractivity (Wildman–Crippen MR) is 92.4 cm³/mol. The summed E-state index contributed by atoms with van der Waals surface area (Å²) in [5.41, 5.74) is 0.841. The number of furan rings is 1. The number of morpholine rings is 1. The maximum Gasteiger partial charge on any atom is 0.289 e. The standard InChI is InChI=1S/C17H18ClNO4S/c18-15-4-2-1-3-13(15)11-24(21)12-14-5-6-16(23-14)17(20)19-7-9-22-10-8-19/h1-6H,7-12H2/t24-/m1/s1. The fourth-order valence-corrected chi connectivity index (χ4v) is 3.95. The molecule has 128 valence electrons. The van der Waals surface area contributed by atoms with E-state index in [-0.39, 0.29) is 17.4 Å². The van der Waals surface area contributed by atoms with Gasteiger partial charge in [0, 0.05) is 28.9 Å². The van der Waals surface area contributed by atoms with Crippen molar-refractivity contribution < 1.29 is 18.2 Å². The van der Waals surface area contributed by atoms with Gasteiger partial charge in [0.25, 0.3) is 5.91 Å². The molecule has 0 bridgehead atoms. The Bertz CT molecular complexity index is 740. The Hall–Kier alpha value is -1.63. The molecule has 1 fully saturated rings. The molecule has 1 aromatic heterocycles. The van der Waals surface area contributed by atoms with E-state index in [0.29, 0.717) is 42.8 Å². The quantitative estimate of drug-likeness (QED) is 0.815. The van der Waals surface area contributed by atoms with Gasteiger partial charge in [-0.1, -0.05) is 29.8 Å². The lowest BCUT2D eigenvalue weighted by Crippen LogP contribution is -2.40. The number of hydrogen-bond acceptors (Lipinski definition) is 4. The van der Waals surface area contributed by atoms with E-state index < -0.39 is 10.8 Å². The molecule has 1 atom stereocenters. The Morgan fingerprint density at radius 3 is 2.62 bits per heavy atom. The molecule has 1 aliphatic heterocycles. The predicted octanol–water partition coefficient (Wildman–Crippen LogP) is 2.85. The zero-order valence-electron chi connectivity index (χ0n) is 13.1. The Balaban J connectivity index is 1.60. The normalized spacial score (nSPS) is 16.1. The fraction of sp³-hybridized carbons (Fsp3) is 0.353. The van der Waals surface area contributed by atoms with E-state index in [4.69, 9.17) is 20.8 Å². The van der Waals surface area contributed by atoms with Crippen LogP contribution in [0.3, 0.4) is 0 Å². The van der Waals surface area contributed by atoms with Gasteiger partial charge in [0.05, 0.1) is 24.7 Å². The summed E-state index contributed by atoms with van der Waals surface area (Å²) in [6, 6.07) is 10.7. The minimum absolute atomic E-state index is 0.151. The van der Waals surface area contributed by atoms with Gasteiger partial charge in [-0.15, -0.1) is 0 Å². The number of rotatable bonds is 5. The number of nitrogens with zero attached hydrogens (tertiary/aromatic N) is 1. The first kappa shape index (κ1) is 17.2. The van der Waals surface area contributed by atoms with E-state index in [1.165, 1.54) is 0 Å². The number of ether oxygens (including phenoxy) is 1.